The fourth-order valence-electron chi connectivity index (χ4n) is 7.47. The van der Waals surface area contributed by atoms with Crippen LogP contribution in [0.5, 0.6) is 17.2 Å². The van der Waals surface area contributed by atoms with Crippen molar-refractivity contribution in [1.29, 1.82) is 0 Å². The van der Waals surface area contributed by atoms with Crippen LogP contribution in [0, 0.1) is 0 Å². The maximum absolute atomic E-state index is 14.0. The minimum Gasteiger partial charge on any atom is -0.507 e. The zero-order valence-electron chi connectivity index (χ0n) is 30.0. The Morgan fingerprint density at radius 1 is 1.05 bits per heavy atom. The molecule has 55 heavy (non-hydrogen) atoms. The number of aromatic hydroxyl groups is 2. The molecule has 2 aromatic carbocycles. The number of nitrogens with one attached hydrogen (secondary N) is 1. The topological polar surface area (TPSA) is 268 Å². The number of nitrogens with zero attached hydrogens (tertiary/aromatic N) is 2. The van der Waals surface area contributed by atoms with E-state index in [1.807, 2.05) is 0 Å². The van der Waals surface area contributed by atoms with Gasteiger partial charge in [0.1, 0.15) is 22.8 Å². The summed E-state index contributed by atoms with van der Waals surface area (Å²) in [6.45, 7) is 0.910. The number of rotatable bonds is 12. The van der Waals surface area contributed by atoms with Gasteiger partial charge in [-0.2, -0.15) is 5.10 Å². The third-order valence-corrected chi connectivity index (χ3v) is 10.3. The molecule has 0 spiro atoms. The van der Waals surface area contributed by atoms with Crippen LogP contribution in [0.2, 0.25) is 0 Å². The van der Waals surface area contributed by atoms with Gasteiger partial charge in [-0.15, -0.1) is 12.4 Å². The van der Waals surface area contributed by atoms with Gasteiger partial charge in [-0.25, -0.2) is 5.43 Å². The summed E-state index contributed by atoms with van der Waals surface area (Å²) in [5.41, 5.74) is 4.46. The van der Waals surface area contributed by atoms with Gasteiger partial charge in [-0.3, -0.25) is 28.9 Å². The monoisotopic (exact) mass is 786 g/mol. The Kier molecular flexibility index (Phi) is 12.5. The van der Waals surface area contributed by atoms with E-state index in [0.717, 1.165) is 4.90 Å². The number of amides is 3. The molecule has 8 N–H and O–H groups in total. The second kappa shape index (κ2) is 16.5. The average Bonchev–Trinajstić information content (AvgIpc) is 3.46. The first-order valence-corrected chi connectivity index (χ1v) is 17.5. The minimum absolute atomic E-state index is 0. The number of phenolic OH excluding ortho intramolecular Hbond substituents is 2. The highest BCUT2D eigenvalue weighted by atomic mass is 35.5. The normalized spacial score (nSPS) is 26.0. The number of hydrogen-bond donors (Lipinski definition) is 7. The van der Waals surface area contributed by atoms with Crippen molar-refractivity contribution >= 4 is 47.4 Å². The number of imide groups is 1. The van der Waals surface area contributed by atoms with E-state index in [-0.39, 0.29) is 65.5 Å². The number of benzene rings is 2. The number of halogens is 1. The summed E-state index contributed by atoms with van der Waals surface area (Å²) in [4.78, 5) is 65.1. The molecule has 4 aliphatic rings. The van der Waals surface area contributed by atoms with Crippen LogP contribution in [-0.4, -0.2) is 116 Å². The largest absolute Gasteiger partial charge is 0.507 e. The molecule has 0 radical (unpaired) electrons. The molecule has 3 amide bonds. The van der Waals surface area contributed by atoms with E-state index in [0.29, 0.717) is 19.3 Å². The van der Waals surface area contributed by atoms with Crippen LogP contribution >= 0.6 is 12.4 Å². The first-order valence-electron chi connectivity index (χ1n) is 17.5. The van der Waals surface area contributed by atoms with E-state index in [1.54, 1.807) is 6.92 Å². The number of hydrazone groups is 1. The summed E-state index contributed by atoms with van der Waals surface area (Å²) in [5.74, 6) is -4.25. The number of nitrogens with two attached hydrogens (primary N) is 1. The number of phenols is 2. The number of fused-ring (bicyclic) bond motifs is 3. The number of unbranched alkanes of at least 4 members (excludes halogenated alkanes) is 2. The Hall–Kier alpha value is -4.75. The van der Waals surface area contributed by atoms with Crippen molar-refractivity contribution in [2.24, 2.45) is 10.8 Å². The molecule has 2 heterocycles. The number of ketones is 2. The second-order valence-electron chi connectivity index (χ2n) is 13.8. The first kappa shape index (κ1) is 41.4. The SMILES string of the molecule is COc1cccc2c1C(=O)c1c(O)c3c(c(O)c1C2=O)C[C@@](O)(C(CO)=NNC(=O)CCCCCN1C(=O)C=CC1=O)CC3OC1CC(N)C(O)C(C)O1.Cl. The van der Waals surface area contributed by atoms with Crippen LogP contribution in [0.15, 0.2) is 35.5 Å². The summed E-state index contributed by atoms with van der Waals surface area (Å²) >= 11 is 0. The summed E-state index contributed by atoms with van der Waals surface area (Å²) in [6.07, 6.45) is -1.56. The molecule has 1 saturated heterocycles. The highest BCUT2D eigenvalue weighted by Gasteiger charge is 2.49. The Bertz CT molecular complexity index is 1940. The van der Waals surface area contributed by atoms with E-state index >= 15 is 0 Å². The van der Waals surface area contributed by atoms with E-state index in [1.165, 1.54) is 37.5 Å². The van der Waals surface area contributed by atoms with Crippen molar-refractivity contribution < 1.29 is 63.7 Å². The lowest BCUT2D eigenvalue weighted by Gasteiger charge is -2.43. The van der Waals surface area contributed by atoms with Gasteiger partial charge >= 0.3 is 0 Å². The zero-order valence-corrected chi connectivity index (χ0v) is 30.8. The summed E-state index contributed by atoms with van der Waals surface area (Å²) in [6, 6.07) is 3.57. The van der Waals surface area contributed by atoms with E-state index in [4.69, 9.17) is 19.9 Å². The van der Waals surface area contributed by atoms with E-state index in [9.17, 15) is 49.5 Å². The van der Waals surface area contributed by atoms with Crippen molar-refractivity contribution in [3.8, 4) is 17.2 Å². The second-order valence-corrected chi connectivity index (χ2v) is 13.8. The molecule has 2 aliphatic heterocycles. The van der Waals surface area contributed by atoms with Crippen LogP contribution in [0.1, 0.15) is 94.5 Å². The summed E-state index contributed by atoms with van der Waals surface area (Å²) in [5, 5.41) is 60.5. The Labute approximate surface area is 321 Å². The molecule has 18 heteroatoms. The number of aliphatic hydroxyl groups excluding tert-OH is 2. The quantitative estimate of drug-likeness (QED) is 0.0441. The molecule has 2 aliphatic carbocycles. The number of ether oxygens (including phenoxy) is 3. The number of aliphatic hydroxyl groups is 3. The van der Waals surface area contributed by atoms with Crippen LogP contribution in [0.4, 0.5) is 0 Å². The molecule has 6 atom stereocenters. The van der Waals surface area contributed by atoms with Crippen molar-refractivity contribution in [3.63, 3.8) is 0 Å². The Morgan fingerprint density at radius 3 is 2.40 bits per heavy atom. The average molecular weight is 787 g/mol. The van der Waals surface area contributed by atoms with Crippen LogP contribution in [-0.2, 0) is 30.3 Å². The molecule has 6 rings (SSSR count). The van der Waals surface area contributed by atoms with Gasteiger partial charge in [0.05, 0.1) is 54.4 Å². The lowest BCUT2D eigenvalue weighted by atomic mass is 9.71. The van der Waals surface area contributed by atoms with Gasteiger partial charge in [0.2, 0.25) is 11.7 Å². The highest BCUT2D eigenvalue weighted by Crippen LogP contribution is 2.52. The third-order valence-electron chi connectivity index (χ3n) is 10.3. The van der Waals surface area contributed by atoms with Crippen molar-refractivity contribution in [2.45, 2.75) is 88.1 Å². The summed E-state index contributed by atoms with van der Waals surface area (Å²) in [7, 11) is 1.32. The van der Waals surface area contributed by atoms with Crippen LogP contribution < -0.4 is 15.9 Å². The number of carbonyl (C=O) groups excluding carboxylic acids is 5. The molecular weight excluding hydrogens is 744 g/mol. The standard InChI is InChI=1S/C37H42N4O13.ClH/c1-17-32(46)20(38)13-27(53-17)54-22-15-37(51,23(16-42)39-40-24(43)9-4-3-5-12-41-25(44)10-11-26(41)45)14-19-29(22)36(50)31-30(34(19)48)33(47)18-7-6-8-21(52-2)28(18)35(31)49;/h6-8,10-11,17,20,22,27,32,42,46,48,50-51H,3-5,9,12-16,38H2,1-2H3,(H,40,43);1H/t17?,20?,22?,27?,32?,37-;/m0./s1. The van der Waals surface area contributed by atoms with Crippen molar-refractivity contribution in [2.75, 3.05) is 20.3 Å². The van der Waals surface area contributed by atoms with Gasteiger partial charge in [-0.05, 0) is 25.8 Å². The molecular formula is C37H43ClN4O13. The molecule has 17 nitrogen and oxygen atoms in total. The van der Waals surface area contributed by atoms with Gasteiger partial charge in [-0.1, -0.05) is 18.6 Å². The number of hydrogen-bond acceptors (Lipinski definition) is 15. The molecule has 2 aromatic rings. The highest BCUT2D eigenvalue weighted by molar-refractivity contribution is 6.31. The summed E-state index contributed by atoms with van der Waals surface area (Å²) < 4.78 is 17.4. The molecule has 5 unspecified atom stereocenters. The van der Waals surface area contributed by atoms with E-state index < -0.39 is 108 Å². The Balaban J connectivity index is 0.00000580. The Morgan fingerprint density at radius 2 is 1.75 bits per heavy atom. The predicted molar refractivity (Wildman–Crippen MR) is 194 cm³/mol. The smallest absolute Gasteiger partial charge is 0.253 e. The molecule has 1 fully saturated rings. The molecule has 0 saturated carbocycles. The molecule has 296 valence electrons. The minimum atomic E-state index is -2.16. The fraction of sp³-hybridized carbons (Fsp3) is 0.459. The van der Waals surface area contributed by atoms with Gasteiger partial charge in [0.15, 0.2) is 12.1 Å². The van der Waals surface area contributed by atoms with Crippen LogP contribution in [0.25, 0.3) is 0 Å². The zero-order chi connectivity index (χ0) is 39.1. The molecule has 0 aromatic heterocycles. The van der Waals surface area contributed by atoms with Crippen molar-refractivity contribution in [3.05, 3.63) is 63.7 Å². The lowest BCUT2D eigenvalue weighted by molar-refractivity contribution is -0.245. The fourth-order valence-corrected chi connectivity index (χ4v) is 7.47. The maximum Gasteiger partial charge on any atom is 0.253 e. The van der Waals surface area contributed by atoms with Gasteiger partial charge in [0, 0.05) is 67.1 Å². The van der Waals surface area contributed by atoms with Crippen LogP contribution in [0.3, 0.4) is 0 Å². The van der Waals surface area contributed by atoms with E-state index in [2.05, 4.69) is 10.5 Å². The van der Waals surface area contributed by atoms with Gasteiger partial charge in [0.25, 0.3) is 11.8 Å². The lowest BCUT2D eigenvalue weighted by Crippen LogP contribution is -2.53. The number of carbonyl (C=O) groups is 5. The first-order chi connectivity index (χ1) is 25.7. The molecule has 0 bridgehead atoms. The third kappa shape index (κ3) is 7.73. The predicted octanol–water partition coefficient (Wildman–Crippen LogP) is 0.812. The maximum atomic E-state index is 14.0. The van der Waals surface area contributed by atoms with Crippen molar-refractivity contribution in [1.82, 2.24) is 10.3 Å². The van der Waals surface area contributed by atoms with Gasteiger partial charge < -0.3 is 45.5 Å². The number of methoxy groups -OCH3 is 1.